The highest BCUT2D eigenvalue weighted by molar-refractivity contribution is 7.90. The molecule has 0 aliphatic rings. The monoisotopic (exact) mass is 527 g/mol. The first-order valence-corrected chi connectivity index (χ1v) is 13.4. The molecule has 0 aliphatic heterocycles. The molecule has 4 aromatic rings. The van der Waals surface area contributed by atoms with Crippen molar-refractivity contribution in [3.63, 3.8) is 0 Å². The average molecular weight is 528 g/mol. The van der Waals surface area contributed by atoms with E-state index in [9.17, 15) is 13.5 Å². The summed E-state index contributed by atoms with van der Waals surface area (Å²) in [5, 5.41) is 10.0. The normalized spacial score (nSPS) is 12.1. The number of nitrogens with zero attached hydrogens (tertiary/aromatic N) is 5. The van der Waals surface area contributed by atoms with Crippen LogP contribution < -0.4 is 14.2 Å². The van der Waals surface area contributed by atoms with Crippen molar-refractivity contribution in [2.45, 2.75) is 32.1 Å². The zero-order chi connectivity index (χ0) is 26.8. The molecule has 196 valence electrons. The summed E-state index contributed by atoms with van der Waals surface area (Å²) >= 11 is 0. The molecule has 0 radical (unpaired) electrons. The first kappa shape index (κ1) is 26.3. The average Bonchev–Trinajstić information content (AvgIpc) is 3.20. The van der Waals surface area contributed by atoms with Crippen LogP contribution in [0.2, 0.25) is 0 Å². The van der Waals surface area contributed by atoms with Crippen LogP contribution in [0.25, 0.3) is 28.5 Å². The number of methoxy groups -OCH3 is 2. The minimum Gasteiger partial charge on any atom is -0.494 e. The van der Waals surface area contributed by atoms with E-state index in [-0.39, 0.29) is 17.0 Å². The van der Waals surface area contributed by atoms with Crippen LogP contribution in [0.4, 0.5) is 0 Å². The van der Waals surface area contributed by atoms with Gasteiger partial charge in [0.25, 0.3) is 0 Å². The summed E-state index contributed by atoms with van der Waals surface area (Å²) in [4.78, 5) is 18.3. The van der Waals surface area contributed by atoms with Crippen molar-refractivity contribution in [1.82, 2.24) is 24.5 Å². The Kier molecular flexibility index (Phi) is 7.32. The Bertz CT molecular complexity index is 1510. The second-order valence-electron chi connectivity index (χ2n) is 8.93. The number of sulfone groups is 1. The zero-order valence-electron chi connectivity index (χ0n) is 21.3. The molecule has 1 N–H and O–H groups in total. The fourth-order valence-corrected chi connectivity index (χ4v) is 5.74. The lowest BCUT2D eigenvalue weighted by Crippen LogP contribution is -2.31. The van der Waals surface area contributed by atoms with Crippen LogP contribution >= 0.6 is 0 Å². The Morgan fingerprint density at radius 2 is 1.68 bits per heavy atom. The van der Waals surface area contributed by atoms with Crippen molar-refractivity contribution in [3.05, 3.63) is 48.3 Å². The summed E-state index contributed by atoms with van der Waals surface area (Å²) in [6.07, 6.45) is 1.37. The van der Waals surface area contributed by atoms with Crippen molar-refractivity contribution in [1.29, 1.82) is 0 Å². The Balaban J connectivity index is 1.98. The third-order valence-electron chi connectivity index (χ3n) is 5.23. The second-order valence-corrected chi connectivity index (χ2v) is 11.0. The van der Waals surface area contributed by atoms with Crippen molar-refractivity contribution in [3.8, 4) is 34.6 Å². The molecule has 0 saturated heterocycles. The predicted octanol–water partition coefficient (Wildman–Crippen LogP) is 2.98. The standard InChI is InChI=1S/C25H29N5O6S/c1-6-36-20-12-7-9-17(28-20)23-29-22-24(30(23)21-18(34-4)10-8-11-19(21)35-5)27-16(13-26-22)14-37(32,33)15-25(2,3)31/h7-13,31H,6,14-15H2,1-5H3. The van der Waals surface area contributed by atoms with E-state index in [1.807, 2.05) is 6.92 Å². The number of aliphatic hydroxyl groups is 1. The van der Waals surface area contributed by atoms with Gasteiger partial charge in [-0.1, -0.05) is 12.1 Å². The molecule has 11 nitrogen and oxygen atoms in total. The molecule has 12 heteroatoms. The van der Waals surface area contributed by atoms with Crippen LogP contribution in [0.3, 0.4) is 0 Å². The number of fused-ring (bicyclic) bond motifs is 1. The van der Waals surface area contributed by atoms with Crippen LogP contribution in [-0.4, -0.2) is 70.2 Å². The van der Waals surface area contributed by atoms with Gasteiger partial charge in [-0.2, -0.15) is 0 Å². The topological polar surface area (TPSA) is 139 Å². The number of hydrogen-bond acceptors (Lipinski definition) is 10. The number of rotatable bonds is 10. The van der Waals surface area contributed by atoms with Crippen LogP contribution in [0, 0.1) is 0 Å². The van der Waals surface area contributed by atoms with Crippen LogP contribution in [0.15, 0.2) is 42.6 Å². The number of benzene rings is 1. The second kappa shape index (κ2) is 10.3. The highest BCUT2D eigenvalue weighted by Gasteiger charge is 2.27. The molecule has 3 heterocycles. The summed E-state index contributed by atoms with van der Waals surface area (Å²) < 4.78 is 44.0. The van der Waals surface area contributed by atoms with E-state index in [1.165, 1.54) is 34.3 Å². The molecule has 37 heavy (non-hydrogen) atoms. The summed E-state index contributed by atoms with van der Waals surface area (Å²) in [5.41, 5.74) is 0.365. The van der Waals surface area contributed by atoms with Gasteiger partial charge in [0, 0.05) is 6.07 Å². The number of para-hydroxylation sites is 1. The molecule has 4 rings (SSSR count). The van der Waals surface area contributed by atoms with Gasteiger partial charge in [0.2, 0.25) is 5.88 Å². The molecule has 1 aromatic carbocycles. The Hall–Kier alpha value is -3.77. The van der Waals surface area contributed by atoms with Crippen LogP contribution in [-0.2, 0) is 15.6 Å². The van der Waals surface area contributed by atoms with E-state index in [4.69, 9.17) is 14.2 Å². The molecule has 0 aliphatic carbocycles. The van der Waals surface area contributed by atoms with Crippen molar-refractivity contribution >= 4 is 21.1 Å². The van der Waals surface area contributed by atoms with Gasteiger partial charge in [-0.05, 0) is 39.0 Å². The molecular weight excluding hydrogens is 498 g/mol. The molecular formula is C25H29N5O6S. The van der Waals surface area contributed by atoms with Crippen LogP contribution in [0.1, 0.15) is 26.5 Å². The maximum Gasteiger partial charge on any atom is 0.213 e. The van der Waals surface area contributed by atoms with Gasteiger partial charge in [-0.25, -0.2) is 28.4 Å². The van der Waals surface area contributed by atoms with Gasteiger partial charge in [0.15, 0.2) is 27.0 Å². The number of hydrogen-bond donors (Lipinski definition) is 1. The summed E-state index contributed by atoms with van der Waals surface area (Å²) in [7, 11) is -0.616. The number of pyridine rings is 1. The third kappa shape index (κ3) is 5.81. The largest absolute Gasteiger partial charge is 0.494 e. The molecule has 0 spiro atoms. The summed E-state index contributed by atoms with van der Waals surface area (Å²) in [6, 6.07) is 10.6. The minimum absolute atomic E-state index is 0.203. The van der Waals surface area contributed by atoms with Gasteiger partial charge in [0.1, 0.15) is 22.9 Å². The Morgan fingerprint density at radius 3 is 2.30 bits per heavy atom. The quantitative estimate of drug-likeness (QED) is 0.327. The third-order valence-corrected chi connectivity index (χ3v) is 7.11. The minimum atomic E-state index is -3.68. The van der Waals surface area contributed by atoms with Gasteiger partial charge in [-0.3, -0.25) is 4.57 Å². The molecule has 0 bridgehead atoms. The molecule has 0 saturated carbocycles. The first-order valence-electron chi connectivity index (χ1n) is 11.5. The van der Waals surface area contributed by atoms with Gasteiger partial charge in [-0.15, -0.1) is 0 Å². The SMILES string of the molecule is CCOc1cccc(-c2nc3ncc(CS(=O)(=O)CC(C)(C)O)nc3n2-c2c(OC)cccc2OC)n1. The Labute approximate surface area is 215 Å². The Morgan fingerprint density at radius 1 is 1.00 bits per heavy atom. The van der Waals surface area contributed by atoms with Crippen molar-refractivity contribution in [2.75, 3.05) is 26.6 Å². The van der Waals surface area contributed by atoms with E-state index < -0.39 is 26.9 Å². The molecule has 0 unspecified atom stereocenters. The molecule has 0 amide bonds. The van der Waals surface area contributed by atoms with E-state index in [2.05, 4.69) is 19.9 Å². The van der Waals surface area contributed by atoms with E-state index in [0.717, 1.165) is 0 Å². The number of ether oxygens (including phenoxy) is 3. The van der Waals surface area contributed by atoms with E-state index in [0.29, 0.717) is 41.2 Å². The molecule has 0 fully saturated rings. The highest BCUT2D eigenvalue weighted by atomic mass is 32.2. The van der Waals surface area contributed by atoms with Gasteiger partial charge < -0.3 is 19.3 Å². The highest BCUT2D eigenvalue weighted by Crippen LogP contribution is 2.37. The van der Waals surface area contributed by atoms with Crippen molar-refractivity contribution in [2.24, 2.45) is 0 Å². The maximum absolute atomic E-state index is 12.7. The number of imidazole rings is 1. The first-order chi connectivity index (χ1) is 17.5. The smallest absolute Gasteiger partial charge is 0.213 e. The fraction of sp³-hybridized carbons (Fsp3) is 0.360. The fourth-order valence-electron chi connectivity index (χ4n) is 3.98. The predicted molar refractivity (Wildman–Crippen MR) is 138 cm³/mol. The van der Waals surface area contributed by atoms with Crippen molar-refractivity contribution < 1.29 is 27.7 Å². The van der Waals surface area contributed by atoms with Gasteiger partial charge >= 0.3 is 0 Å². The molecule has 0 atom stereocenters. The zero-order valence-corrected chi connectivity index (χ0v) is 22.1. The lowest BCUT2D eigenvalue weighted by Gasteiger charge is -2.17. The van der Waals surface area contributed by atoms with E-state index in [1.54, 1.807) is 41.0 Å². The van der Waals surface area contributed by atoms with Gasteiger partial charge in [0.05, 0.1) is 49.8 Å². The maximum atomic E-state index is 12.7. The lowest BCUT2D eigenvalue weighted by atomic mass is 10.2. The molecule has 3 aromatic heterocycles. The van der Waals surface area contributed by atoms with Crippen LogP contribution in [0.5, 0.6) is 17.4 Å². The summed E-state index contributed by atoms with van der Waals surface area (Å²) in [5.74, 6) is 0.937. The van der Waals surface area contributed by atoms with E-state index >= 15 is 0 Å². The lowest BCUT2D eigenvalue weighted by molar-refractivity contribution is 0.105. The summed E-state index contributed by atoms with van der Waals surface area (Å²) in [6.45, 7) is 5.19. The number of aromatic nitrogens is 5.